The number of nitrogens with two attached hydrogens (primary N) is 1. The van der Waals surface area contributed by atoms with E-state index in [1.54, 1.807) is 0 Å². The molecular formula is C10H13ClF3NO2. The lowest BCUT2D eigenvalue weighted by Gasteiger charge is -2.23. The maximum absolute atomic E-state index is 13.4. The highest BCUT2D eigenvalue weighted by molar-refractivity contribution is 5.85. The summed E-state index contributed by atoms with van der Waals surface area (Å²) in [5, 5.41) is 8.49. The van der Waals surface area contributed by atoms with Crippen LogP contribution in [0.3, 0.4) is 0 Å². The van der Waals surface area contributed by atoms with E-state index in [0.717, 1.165) is 6.07 Å². The molecule has 0 aliphatic heterocycles. The zero-order chi connectivity index (χ0) is 12.3. The minimum atomic E-state index is -3.60. The summed E-state index contributed by atoms with van der Waals surface area (Å²) < 4.78 is 44.4. The van der Waals surface area contributed by atoms with Crippen molar-refractivity contribution in [2.75, 3.05) is 13.7 Å². The predicted octanol–water partition coefficient (Wildman–Crippen LogP) is 1.88. The van der Waals surface area contributed by atoms with E-state index in [-0.39, 0.29) is 18.2 Å². The molecule has 1 aromatic rings. The second kappa shape index (κ2) is 6.09. The lowest BCUT2D eigenvalue weighted by atomic mass is 10.00. The third kappa shape index (κ3) is 3.24. The summed E-state index contributed by atoms with van der Waals surface area (Å²) >= 11 is 0. The molecule has 0 aliphatic carbocycles. The van der Waals surface area contributed by atoms with Crippen molar-refractivity contribution in [3.8, 4) is 5.75 Å². The molecule has 0 saturated heterocycles. The Bertz CT molecular complexity index is 377. The van der Waals surface area contributed by atoms with Crippen molar-refractivity contribution >= 4 is 12.4 Å². The van der Waals surface area contributed by atoms with E-state index in [1.165, 1.54) is 19.2 Å². The molecule has 0 amide bonds. The molecule has 0 radical (unpaired) electrons. The first kappa shape index (κ1) is 16.0. The largest absolute Gasteiger partial charge is 0.496 e. The van der Waals surface area contributed by atoms with Gasteiger partial charge in [0.1, 0.15) is 24.2 Å². The van der Waals surface area contributed by atoms with Crippen LogP contribution in [-0.4, -0.2) is 24.7 Å². The topological polar surface area (TPSA) is 55.5 Å². The average Bonchev–Trinajstić information content (AvgIpc) is 2.27. The van der Waals surface area contributed by atoms with E-state index < -0.39 is 30.0 Å². The van der Waals surface area contributed by atoms with Crippen LogP contribution >= 0.6 is 12.4 Å². The Hall–Kier alpha value is -0.980. The molecule has 0 saturated carbocycles. The molecule has 3 N–H and O–H groups in total. The van der Waals surface area contributed by atoms with Crippen molar-refractivity contribution in [3.05, 3.63) is 29.6 Å². The number of halogens is 4. The van der Waals surface area contributed by atoms with Crippen LogP contribution in [0.25, 0.3) is 0 Å². The number of methoxy groups -OCH3 is 1. The standard InChI is InChI=1S/C10H12F3NO2.ClH/c1-16-7-4-2-3-6(11)8(7)9(14)10(12,13)5-15;/h2-4,9,15H,5,14H2,1H3;1H/t9-;/m1./s1. The van der Waals surface area contributed by atoms with Gasteiger partial charge in [-0.15, -0.1) is 12.4 Å². The summed E-state index contributed by atoms with van der Waals surface area (Å²) in [5.74, 6) is -4.56. The molecule has 1 aromatic carbocycles. The van der Waals surface area contributed by atoms with Gasteiger partial charge in [-0.2, -0.15) is 0 Å². The highest BCUT2D eigenvalue weighted by Gasteiger charge is 2.40. The second-order valence-corrected chi connectivity index (χ2v) is 3.25. The molecule has 0 aliphatic rings. The van der Waals surface area contributed by atoms with Gasteiger partial charge >= 0.3 is 0 Å². The maximum Gasteiger partial charge on any atom is 0.289 e. The van der Waals surface area contributed by atoms with E-state index in [4.69, 9.17) is 15.6 Å². The fourth-order valence-corrected chi connectivity index (χ4v) is 1.31. The molecule has 1 atom stereocenters. The Morgan fingerprint density at radius 3 is 2.53 bits per heavy atom. The van der Waals surface area contributed by atoms with Crippen molar-refractivity contribution in [2.45, 2.75) is 12.0 Å². The monoisotopic (exact) mass is 271 g/mol. The van der Waals surface area contributed by atoms with Crippen LogP contribution < -0.4 is 10.5 Å². The fourth-order valence-electron chi connectivity index (χ4n) is 1.31. The number of aliphatic hydroxyl groups excluding tert-OH is 1. The van der Waals surface area contributed by atoms with Crippen LogP contribution in [-0.2, 0) is 0 Å². The van der Waals surface area contributed by atoms with Gasteiger partial charge in [0.2, 0.25) is 0 Å². The Morgan fingerprint density at radius 2 is 2.06 bits per heavy atom. The highest BCUT2D eigenvalue weighted by atomic mass is 35.5. The van der Waals surface area contributed by atoms with E-state index in [9.17, 15) is 13.2 Å². The molecule has 98 valence electrons. The van der Waals surface area contributed by atoms with Crippen LogP contribution in [0.1, 0.15) is 11.6 Å². The average molecular weight is 272 g/mol. The lowest BCUT2D eigenvalue weighted by Crippen LogP contribution is -2.37. The minimum absolute atomic E-state index is 0. The van der Waals surface area contributed by atoms with Gasteiger partial charge in [0, 0.05) is 0 Å². The molecule has 0 heterocycles. The molecule has 7 heteroatoms. The molecule has 0 unspecified atom stereocenters. The number of aliphatic hydroxyl groups is 1. The van der Waals surface area contributed by atoms with Gasteiger partial charge in [-0.1, -0.05) is 6.07 Å². The van der Waals surface area contributed by atoms with Gasteiger partial charge in [-0.25, -0.2) is 13.2 Å². The SMILES string of the molecule is COc1cccc(F)c1[C@@H](N)C(F)(F)CO.Cl. The predicted molar refractivity (Wildman–Crippen MR) is 59.2 cm³/mol. The molecule has 3 nitrogen and oxygen atoms in total. The molecule has 17 heavy (non-hydrogen) atoms. The van der Waals surface area contributed by atoms with Crippen LogP contribution in [0.4, 0.5) is 13.2 Å². The Balaban J connectivity index is 0.00000256. The zero-order valence-corrected chi connectivity index (χ0v) is 9.81. The van der Waals surface area contributed by atoms with Gasteiger partial charge < -0.3 is 15.6 Å². The van der Waals surface area contributed by atoms with E-state index >= 15 is 0 Å². The minimum Gasteiger partial charge on any atom is -0.496 e. The summed E-state index contributed by atoms with van der Waals surface area (Å²) in [7, 11) is 1.22. The van der Waals surface area contributed by atoms with E-state index in [2.05, 4.69) is 0 Å². The first-order valence-corrected chi connectivity index (χ1v) is 4.50. The fraction of sp³-hybridized carbons (Fsp3) is 0.400. The summed E-state index contributed by atoms with van der Waals surface area (Å²) in [4.78, 5) is 0. The van der Waals surface area contributed by atoms with Crippen LogP contribution in [0.2, 0.25) is 0 Å². The Labute approximate surface area is 103 Å². The summed E-state index contributed by atoms with van der Waals surface area (Å²) in [6, 6.07) is 1.70. The first-order valence-electron chi connectivity index (χ1n) is 4.50. The van der Waals surface area contributed by atoms with Gasteiger partial charge in [0.15, 0.2) is 0 Å². The maximum atomic E-state index is 13.4. The van der Waals surface area contributed by atoms with Crippen molar-refractivity contribution < 1.29 is 23.0 Å². The second-order valence-electron chi connectivity index (χ2n) is 3.25. The molecule has 0 aromatic heterocycles. The number of ether oxygens (including phenoxy) is 1. The Kier molecular flexibility index (Phi) is 5.74. The number of hydrogen-bond donors (Lipinski definition) is 2. The quantitative estimate of drug-likeness (QED) is 0.879. The van der Waals surface area contributed by atoms with E-state index in [1.807, 2.05) is 0 Å². The van der Waals surface area contributed by atoms with Crippen LogP contribution in [0.5, 0.6) is 5.75 Å². The number of benzene rings is 1. The summed E-state index contributed by atoms with van der Waals surface area (Å²) in [6.45, 7) is -1.45. The third-order valence-corrected chi connectivity index (χ3v) is 2.21. The number of hydrogen-bond acceptors (Lipinski definition) is 3. The molecule has 0 fully saturated rings. The van der Waals surface area contributed by atoms with Crippen molar-refractivity contribution in [3.63, 3.8) is 0 Å². The number of alkyl halides is 2. The van der Waals surface area contributed by atoms with Crippen molar-refractivity contribution in [1.29, 1.82) is 0 Å². The van der Waals surface area contributed by atoms with Gasteiger partial charge in [0.25, 0.3) is 5.92 Å². The van der Waals surface area contributed by atoms with Crippen LogP contribution in [0.15, 0.2) is 18.2 Å². The first-order chi connectivity index (χ1) is 7.44. The zero-order valence-electron chi connectivity index (χ0n) is 8.99. The third-order valence-electron chi connectivity index (χ3n) is 2.21. The van der Waals surface area contributed by atoms with Crippen molar-refractivity contribution in [2.24, 2.45) is 5.73 Å². The smallest absolute Gasteiger partial charge is 0.289 e. The molecule has 0 bridgehead atoms. The van der Waals surface area contributed by atoms with Crippen LogP contribution in [0, 0.1) is 5.82 Å². The summed E-state index contributed by atoms with van der Waals surface area (Å²) in [6.07, 6.45) is 0. The molecular weight excluding hydrogens is 259 g/mol. The Morgan fingerprint density at radius 1 is 1.47 bits per heavy atom. The molecule has 0 spiro atoms. The lowest BCUT2D eigenvalue weighted by molar-refractivity contribution is -0.0723. The van der Waals surface area contributed by atoms with Crippen molar-refractivity contribution in [1.82, 2.24) is 0 Å². The number of rotatable bonds is 4. The summed E-state index contributed by atoms with van der Waals surface area (Å²) in [5.41, 5.74) is 4.79. The molecule has 1 rings (SSSR count). The van der Waals surface area contributed by atoms with E-state index in [0.29, 0.717) is 0 Å². The highest BCUT2D eigenvalue weighted by Crippen LogP contribution is 2.35. The van der Waals surface area contributed by atoms with Gasteiger partial charge in [-0.3, -0.25) is 0 Å². The van der Waals surface area contributed by atoms with Gasteiger partial charge in [0.05, 0.1) is 12.7 Å². The normalized spacial score (nSPS) is 12.8. The van der Waals surface area contributed by atoms with Gasteiger partial charge in [-0.05, 0) is 12.1 Å².